The fourth-order valence-electron chi connectivity index (χ4n) is 3.50. The van der Waals surface area contributed by atoms with E-state index in [9.17, 15) is 4.79 Å². The van der Waals surface area contributed by atoms with Crippen LogP contribution in [0.25, 0.3) is 22.2 Å². The molecule has 2 aromatic heterocycles. The van der Waals surface area contributed by atoms with Crippen LogP contribution in [0.2, 0.25) is 10.0 Å². The molecule has 0 saturated heterocycles. The monoisotopic (exact) mass is 473 g/mol. The topological polar surface area (TPSA) is 82.7 Å². The highest BCUT2D eigenvalue weighted by Crippen LogP contribution is 2.27. The normalized spacial score (nSPS) is 10.8. The number of hydrogen-bond acceptors (Lipinski definition) is 4. The third kappa shape index (κ3) is 4.53. The lowest BCUT2D eigenvalue weighted by Gasteiger charge is -2.11. The van der Waals surface area contributed by atoms with Gasteiger partial charge in [-0.25, -0.2) is 9.97 Å². The molecule has 8 heteroatoms. The maximum atomic E-state index is 12.7. The highest BCUT2D eigenvalue weighted by molar-refractivity contribution is 6.40. The van der Waals surface area contributed by atoms with Gasteiger partial charge in [-0.3, -0.25) is 4.79 Å². The van der Waals surface area contributed by atoms with Crippen molar-refractivity contribution in [2.24, 2.45) is 0 Å². The second-order valence-electron chi connectivity index (χ2n) is 7.30. The summed E-state index contributed by atoms with van der Waals surface area (Å²) < 4.78 is 0. The average molecular weight is 474 g/mol. The summed E-state index contributed by atoms with van der Waals surface area (Å²) in [6.07, 6.45) is 3.61. The Morgan fingerprint density at radius 3 is 2.52 bits per heavy atom. The third-order valence-electron chi connectivity index (χ3n) is 5.07. The summed E-state index contributed by atoms with van der Waals surface area (Å²) in [5.41, 5.74) is 4.39. The molecule has 0 aliphatic rings. The van der Waals surface area contributed by atoms with E-state index in [1.54, 1.807) is 36.5 Å². The molecule has 33 heavy (non-hydrogen) atoms. The van der Waals surface area contributed by atoms with E-state index in [1.807, 2.05) is 42.6 Å². The molecule has 6 nitrogen and oxygen atoms in total. The maximum Gasteiger partial charge on any atom is 0.258 e. The fraction of sp³-hybridized carbons (Fsp3) is 0. The van der Waals surface area contributed by atoms with E-state index < -0.39 is 0 Å². The summed E-state index contributed by atoms with van der Waals surface area (Å²) in [5, 5.41) is 7.71. The van der Waals surface area contributed by atoms with Gasteiger partial charge < -0.3 is 15.6 Å². The largest absolute Gasteiger partial charge is 0.361 e. The zero-order chi connectivity index (χ0) is 22.8. The molecule has 5 aromatic rings. The molecule has 162 valence electrons. The number of carbonyl (C=O) groups excluding carboxylic acids is 1. The molecule has 0 aliphatic heterocycles. The number of rotatable bonds is 5. The molecule has 0 radical (unpaired) electrons. The van der Waals surface area contributed by atoms with E-state index in [4.69, 9.17) is 23.2 Å². The quantitative estimate of drug-likeness (QED) is 0.258. The molecule has 2 heterocycles. The molecule has 3 N–H and O–H groups in total. The van der Waals surface area contributed by atoms with E-state index >= 15 is 0 Å². The Morgan fingerprint density at radius 1 is 0.879 bits per heavy atom. The number of anilines is 3. The predicted molar refractivity (Wildman–Crippen MR) is 133 cm³/mol. The smallest absolute Gasteiger partial charge is 0.258 e. The Hall–Kier alpha value is -3.87. The second kappa shape index (κ2) is 8.94. The lowest BCUT2D eigenvalue weighted by Crippen LogP contribution is -2.13. The lowest BCUT2D eigenvalue weighted by molar-refractivity contribution is 0.102. The van der Waals surface area contributed by atoms with E-state index in [0.717, 1.165) is 27.8 Å². The van der Waals surface area contributed by atoms with Gasteiger partial charge in [0.15, 0.2) is 0 Å². The minimum Gasteiger partial charge on any atom is -0.361 e. The summed E-state index contributed by atoms with van der Waals surface area (Å²) in [5.74, 6) is 0.0560. The number of aromatic nitrogens is 3. The van der Waals surface area contributed by atoms with Crippen molar-refractivity contribution in [3.05, 3.63) is 101 Å². The zero-order valence-corrected chi connectivity index (χ0v) is 18.7. The van der Waals surface area contributed by atoms with Crippen molar-refractivity contribution in [2.45, 2.75) is 0 Å². The van der Waals surface area contributed by atoms with Crippen LogP contribution in [0.5, 0.6) is 0 Å². The minimum absolute atomic E-state index is 0.231. The van der Waals surface area contributed by atoms with E-state index in [1.165, 1.54) is 0 Å². The number of aromatic amines is 1. The Labute approximate surface area is 199 Å². The Kier molecular flexibility index (Phi) is 5.69. The molecular weight excluding hydrogens is 457 g/mol. The molecule has 1 amide bonds. The number of nitrogens with one attached hydrogen (secondary N) is 3. The van der Waals surface area contributed by atoms with Crippen LogP contribution >= 0.6 is 23.2 Å². The van der Waals surface area contributed by atoms with Crippen LogP contribution in [0.3, 0.4) is 0 Å². The number of halogens is 2. The molecule has 0 atom stereocenters. The van der Waals surface area contributed by atoms with Crippen LogP contribution in [0, 0.1) is 0 Å². The predicted octanol–water partition coefficient (Wildman–Crippen LogP) is 6.93. The number of fused-ring (bicyclic) bond motifs is 1. The van der Waals surface area contributed by atoms with Crippen LogP contribution in [0.4, 0.5) is 17.3 Å². The molecular formula is C25H17Cl2N5O. The first kappa shape index (κ1) is 21.0. The molecule has 5 rings (SSSR count). The van der Waals surface area contributed by atoms with Crippen LogP contribution < -0.4 is 10.6 Å². The van der Waals surface area contributed by atoms with E-state index in [0.29, 0.717) is 11.6 Å². The maximum absolute atomic E-state index is 12.7. The molecule has 0 aliphatic carbocycles. The first-order valence-electron chi connectivity index (χ1n) is 10.1. The summed E-state index contributed by atoms with van der Waals surface area (Å²) in [6, 6.07) is 22.2. The number of hydrogen-bond donors (Lipinski definition) is 3. The number of H-pyrrole nitrogens is 1. The number of amides is 1. The highest BCUT2D eigenvalue weighted by atomic mass is 35.5. The van der Waals surface area contributed by atoms with Gasteiger partial charge in [0, 0.05) is 40.2 Å². The number of carbonyl (C=O) groups is 1. The van der Waals surface area contributed by atoms with Gasteiger partial charge in [-0.05, 0) is 54.6 Å². The van der Waals surface area contributed by atoms with Crippen LogP contribution in [0.1, 0.15) is 10.4 Å². The van der Waals surface area contributed by atoms with E-state index in [-0.39, 0.29) is 21.5 Å². The SMILES string of the molecule is O=C(Nc1cccc(Nc2nccc(-c3ccc4[nH]ccc4c3)n2)c1)c1c(Cl)cccc1Cl. The molecule has 0 spiro atoms. The summed E-state index contributed by atoms with van der Waals surface area (Å²) in [4.78, 5) is 24.8. The van der Waals surface area contributed by atoms with Gasteiger partial charge in [0.05, 0.1) is 21.3 Å². The van der Waals surface area contributed by atoms with Gasteiger partial charge in [0.2, 0.25) is 5.95 Å². The van der Waals surface area contributed by atoms with Gasteiger partial charge in [-0.1, -0.05) is 41.4 Å². The lowest BCUT2D eigenvalue weighted by atomic mass is 10.1. The van der Waals surface area contributed by atoms with Crippen molar-refractivity contribution < 1.29 is 4.79 Å². The zero-order valence-electron chi connectivity index (χ0n) is 17.1. The van der Waals surface area contributed by atoms with Gasteiger partial charge >= 0.3 is 0 Å². The third-order valence-corrected chi connectivity index (χ3v) is 5.70. The van der Waals surface area contributed by atoms with Gasteiger partial charge in [-0.15, -0.1) is 0 Å². The van der Waals surface area contributed by atoms with Gasteiger partial charge in [-0.2, -0.15) is 0 Å². The van der Waals surface area contributed by atoms with Crippen molar-refractivity contribution in [1.29, 1.82) is 0 Å². The summed E-state index contributed by atoms with van der Waals surface area (Å²) >= 11 is 12.3. The highest BCUT2D eigenvalue weighted by Gasteiger charge is 2.15. The molecule has 0 saturated carbocycles. The van der Waals surface area contributed by atoms with E-state index in [2.05, 4.69) is 31.7 Å². The molecule has 3 aromatic carbocycles. The number of benzene rings is 3. The Morgan fingerprint density at radius 2 is 1.67 bits per heavy atom. The minimum atomic E-state index is -0.388. The van der Waals surface area contributed by atoms with Gasteiger partial charge in [0.1, 0.15) is 0 Å². The van der Waals surface area contributed by atoms with Crippen molar-refractivity contribution in [2.75, 3.05) is 10.6 Å². The second-order valence-corrected chi connectivity index (χ2v) is 8.12. The first-order chi connectivity index (χ1) is 16.1. The van der Waals surface area contributed by atoms with Crippen molar-refractivity contribution in [1.82, 2.24) is 15.0 Å². The standard InChI is InChI=1S/C25H17Cl2N5O/c26-19-5-2-6-20(27)23(19)24(33)30-17-3-1-4-18(14-17)31-25-29-12-10-22(32-25)15-7-8-21-16(13-15)9-11-28-21/h1-14,28H,(H,30,33)(H,29,31,32). The molecule has 0 unspecified atom stereocenters. The van der Waals surface area contributed by atoms with Crippen LogP contribution in [-0.4, -0.2) is 20.9 Å². The van der Waals surface area contributed by atoms with Crippen molar-refractivity contribution in [3.63, 3.8) is 0 Å². The fourth-order valence-corrected chi connectivity index (χ4v) is 4.07. The number of nitrogens with zero attached hydrogens (tertiary/aromatic N) is 2. The Balaban J connectivity index is 1.36. The first-order valence-corrected chi connectivity index (χ1v) is 10.9. The molecule has 0 bridgehead atoms. The van der Waals surface area contributed by atoms with Gasteiger partial charge in [0.25, 0.3) is 5.91 Å². The summed E-state index contributed by atoms with van der Waals surface area (Å²) in [6.45, 7) is 0. The molecule has 0 fully saturated rings. The summed E-state index contributed by atoms with van der Waals surface area (Å²) in [7, 11) is 0. The van der Waals surface area contributed by atoms with Crippen LogP contribution in [-0.2, 0) is 0 Å². The van der Waals surface area contributed by atoms with Crippen LogP contribution in [0.15, 0.2) is 85.2 Å². The average Bonchev–Trinajstić information content (AvgIpc) is 3.27. The van der Waals surface area contributed by atoms with Crippen molar-refractivity contribution in [3.8, 4) is 11.3 Å². The Bertz CT molecular complexity index is 1460. The van der Waals surface area contributed by atoms with Crippen molar-refractivity contribution >= 4 is 57.3 Å².